The fraction of sp³-hybridized carbons (Fsp3) is 0.364. The number of hydrogen-bond donors (Lipinski definition) is 0. The van der Waals surface area contributed by atoms with E-state index in [0.717, 1.165) is 49.6 Å². The van der Waals surface area contributed by atoms with E-state index in [2.05, 4.69) is 26.1 Å². The quantitative estimate of drug-likeness (QED) is 0.682. The number of methoxy groups -OCH3 is 1. The van der Waals surface area contributed by atoms with E-state index in [1.165, 1.54) is 5.56 Å². The highest BCUT2D eigenvalue weighted by Gasteiger charge is 2.46. The summed E-state index contributed by atoms with van der Waals surface area (Å²) in [6, 6.07) is 11.5. The molecule has 3 aromatic rings. The van der Waals surface area contributed by atoms with Gasteiger partial charge < -0.3 is 4.74 Å². The summed E-state index contributed by atoms with van der Waals surface area (Å²) in [5.41, 5.74) is 2.25. The Hall–Kier alpha value is -3.06. The number of pyridine rings is 1. The molecule has 1 unspecified atom stereocenters. The van der Waals surface area contributed by atoms with Crippen LogP contribution in [0.25, 0.3) is 11.3 Å². The summed E-state index contributed by atoms with van der Waals surface area (Å²) in [5, 5.41) is 8.91. The van der Waals surface area contributed by atoms with Gasteiger partial charge in [0.05, 0.1) is 7.11 Å². The number of hydrogen-bond acceptors (Lipinski definition) is 6. The summed E-state index contributed by atoms with van der Waals surface area (Å²) in [6.45, 7) is 3.47. The fourth-order valence-electron chi connectivity index (χ4n) is 4.62. The predicted molar refractivity (Wildman–Crippen MR) is 109 cm³/mol. The highest BCUT2D eigenvalue weighted by Crippen LogP contribution is 2.41. The monoisotopic (exact) mass is 389 g/mol. The summed E-state index contributed by atoms with van der Waals surface area (Å²) in [4.78, 5) is 19.8. The maximum Gasteiger partial charge on any atom is 0.280 e. The summed E-state index contributed by atoms with van der Waals surface area (Å²) in [7, 11) is 1.62. The number of rotatable bonds is 4. The first-order valence-corrected chi connectivity index (χ1v) is 9.92. The van der Waals surface area contributed by atoms with Crippen molar-refractivity contribution in [2.45, 2.75) is 31.3 Å². The zero-order valence-corrected chi connectivity index (χ0v) is 16.4. The van der Waals surface area contributed by atoms with Gasteiger partial charge in [-0.3, -0.25) is 19.2 Å². The zero-order chi connectivity index (χ0) is 19.8. The molecule has 1 saturated heterocycles. The van der Waals surface area contributed by atoms with Crippen molar-refractivity contribution in [3.05, 3.63) is 70.5 Å². The minimum atomic E-state index is -0.0766. The van der Waals surface area contributed by atoms with Gasteiger partial charge in [-0.15, -0.1) is 10.2 Å². The lowest BCUT2D eigenvalue weighted by atomic mass is 9.85. The minimum Gasteiger partial charge on any atom is -0.497 e. The number of fused-ring (bicyclic) bond motifs is 2. The van der Waals surface area contributed by atoms with Crippen molar-refractivity contribution < 1.29 is 4.74 Å². The molecule has 1 aromatic carbocycles. The third kappa shape index (κ3) is 3.11. The number of nitrogens with zero attached hydrogens (tertiary/aromatic N) is 5. The number of likely N-dealkylation sites (tertiary alicyclic amines) is 1. The molecule has 29 heavy (non-hydrogen) atoms. The van der Waals surface area contributed by atoms with E-state index in [1.807, 2.05) is 41.1 Å². The lowest BCUT2D eigenvalue weighted by molar-refractivity contribution is 0.299. The van der Waals surface area contributed by atoms with Gasteiger partial charge in [0.25, 0.3) is 5.56 Å². The number of benzene rings is 1. The van der Waals surface area contributed by atoms with Gasteiger partial charge in [-0.1, -0.05) is 6.07 Å². The molecule has 0 bridgehead atoms. The highest BCUT2D eigenvalue weighted by atomic mass is 16.5. The van der Waals surface area contributed by atoms with E-state index >= 15 is 0 Å². The Kier molecular flexibility index (Phi) is 4.39. The Bertz CT molecular complexity index is 1080. The molecule has 0 amide bonds. The van der Waals surface area contributed by atoms with Crippen molar-refractivity contribution in [3.8, 4) is 17.0 Å². The second-order valence-electron chi connectivity index (χ2n) is 7.91. The van der Waals surface area contributed by atoms with Gasteiger partial charge in [-0.2, -0.15) is 0 Å². The van der Waals surface area contributed by atoms with E-state index in [-0.39, 0.29) is 11.0 Å². The molecule has 0 N–H and O–H groups in total. The molecule has 148 valence electrons. The van der Waals surface area contributed by atoms with Crippen LogP contribution in [0.1, 0.15) is 24.2 Å². The van der Waals surface area contributed by atoms with E-state index in [9.17, 15) is 4.79 Å². The Labute approximate surface area is 169 Å². The molecule has 0 saturated carbocycles. The summed E-state index contributed by atoms with van der Waals surface area (Å²) in [5.74, 6) is 1.59. The van der Waals surface area contributed by atoms with Gasteiger partial charge in [0.15, 0.2) is 5.69 Å². The van der Waals surface area contributed by atoms with Crippen LogP contribution in [0.15, 0.2) is 53.6 Å². The van der Waals surface area contributed by atoms with Gasteiger partial charge in [0, 0.05) is 43.0 Å². The lowest BCUT2D eigenvalue weighted by Gasteiger charge is -2.23. The van der Waals surface area contributed by atoms with Crippen LogP contribution >= 0.6 is 0 Å². The normalized spacial score (nSPS) is 20.9. The van der Waals surface area contributed by atoms with E-state index in [4.69, 9.17) is 4.74 Å². The summed E-state index contributed by atoms with van der Waals surface area (Å²) < 4.78 is 7.03. The number of ether oxygens (including phenoxy) is 1. The molecule has 2 aliphatic rings. The average Bonchev–Trinajstić information content (AvgIpc) is 3.34. The Morgan fingerprint density at radius 1 is 1.10 bits per heavy atom. The van der Waals surface area contributed by atoms with E-state index in [0.29, 0.717) is 12.2 Å². The topological polar surface area (TPSA) is 73.1 Å². The second-order valence-corrected chi connectivity index (χ2v) is 7.91. The Morgan fingerprint density at radius 2 is 1.93 bits per heavy atom. The van der Waals surface area contributed by atoms with Crippen LogP contribution < -0.4 is 10.3 Å². The van der Waals surface area contributed by atoms with Crippen molar-refractivity contribution >= 4 is 0 Å². The van der Waals surface area contributed by atoms with Crippen molar-refractivity contribution in [1.29, 1.82) is 0 Å². The van der Waals surface area contributed by atoms with Gasteiger partial charge in [0.1, 0.15) is 11.6 Å². The molecule has 1 spiro atoms. The van der Waals surface area contributed by atoms with Crippen molar-refractivity contribution in [2.75, 3.05) is 20.2 Å². The maximum absolute atomic E-state index is 13.1. The number of aromatic nitrogens is 4. The fourth-order valence-corrected chi connectivity index (χ4v) is 4.62. The molecule has 5 rings (SSSR count). The predicted octanol–water partition coefficient (Wildman–Crippen LogP) is 2.26. The van der Waals surface area contributed by atoms with Crippen LogP contribution in [0.5, 0.6) is 5.75 Å². The molecule has 1 atom stereocenters. The molecule has 2 aliphatic heterocycles. The summed E-state index contributed by atoms with van der Waals surface area (Å²) >= 11 is 0. The maximum atomic E-state index is 13.1. The first-order valence-electron chi connectivity index (χ1n) is 9.92. The van der Waals surface area contributed by atoms with E-state index in [1.54, 1.807) is 13.3 Å². The van der Waals surface area contributed by atoms with E-state index < -0.39 is 0 Å². The van der Waals surface area contributed by atoms with Crippen LogP contribution in [0, 0.1) is 0 Å². The van der Waals surface area contributed by atoms with Crippen molar-refractivity contribution in [2.24, 2.45) is 0 Å². The second kappa shape index (κ2) is 7.08. The summed E-state index contributed by atoms with van der Waals surface area (Å²) in [6.07, 6.45) is 5.65. The first kappa shape index (κ1) is 18.0. The molecule has 4 heterocycles. The molecule has 0 aliphatic carbocycles. The Morgan fingerprint density at radius 3 is 2.69 bits per heavy atom. The van der Waals surface area contributed by atoms with Gasteiger partial charge >= 0.3 is 0 Å². The highest BCUT2D eigenvalue weighted by molar-refractivity contribution is 5.58. The van der Waals surface area contributed by atoms with Crippen LogP contribution in [-0.2, 0) is 18.5 Å². The standard InChI is InChI=1S/C22H23N5O2/c1-29-18-6-4-17(5-7-18)19-20(28)27-12-9-22(21(27)25-24-19)8-11-26(15-22)14-16-3-2-10-23-13-16/h2-7,10,13H,8-9,11-12,14-15H2,1H3. The smallest absolute Gasteiger partial charge is 0.280 e. The lowest BCUT2D eigenvalue weighted by Crippen LogP contribution is -2.33. The van der Waals surface area contributed by atoms with Gasteiger partial charge in [-0.05, 0) is 55.3 Å². The van der Waals surface area contributed by atoms with Gasteiger partial charge in [0.2, 0.25) is 0 Å². The van der Waals surface area contributed by atoms with Gasteiger partial charge in [-0.25, -0.2) is 0 Å². The Balaban J connectivity index is 1.42. The minimum absolute atomic E-state index is 0.0530. The third-order valence-electron chi connectivity index (χ3n) is 6.16. The van der Waals surface area contributed by atoms with Crippen LogP contribution in [0.3, 0.4) is 0 Å². The van der Waals surface area contributed by atoms with Crippen LogP contribution in [-0.4, -0.2) is 44.8 Å². The molecular formula is C22H23N5O2. The molecule has 0 radical (unpaired) electrons. The molecule has 7 nitrogen and oxygen atoms in total. The molecule has 2 aromatic heterocycles. The van der Waals surface area contributed by atoms with Crippen molar-refractivity contribution in [1.82, 2.24) is 24.6 Å². The first-order chi connectivity index (χ1) is 14.2. The third-order valence-corrected chi connectivity index (χ3v) is 6.16. The average molecular weight is 389 g/mol. The zero-order valence-electron chi connectivity index (χ0n) is 16.4. The van der Waals surface area contributed by atoms with Crippen LogP contribution in [0.2, 0.25) is 0 Å². The SMILES string of the molecule is COc1ccc(-c2nnc3n(c2=O)CCC32CCN(Cc3cccnc3)C2)cc1. The molecular weight excluding hydrogens is 366 g/mol. The molecule has 7 heteroatoms. The van der Waals surface area contributed by atoms with Crippen molar-refractivity contribution in [3.63, 3.8) is 0 Å². The largest absolute Gasteiger partial charge is 0.497 e. The van der Waals surface area contributed by atoms with Crippen LogP contribution in [0.4, 0.5) is 0 Å². The molecule has 1 fully saturated rings.